The molecule has 1 amide bonds. The Morgan fingerprint density at radius 1 is 1.17 bits per heavy atom. The summed E-state index contributed by atoms with van der Waals surface area (Å²) in [5.41, 5.74) is -0.398. The molecule has 2 fully saturated rings. The van der Waals surface area contributed by atoms with Crippen LogP contribution in [0, 0.1) is 5.92 Å². The van der Waals surface area contributed by atoms with Crippen molar-refractivity contribution >= 4 is 5.91 Å². The van der Waals surface area contributed by atoms with E-state index < -0.39 is 5.43 Å². The monoisotopic (exact) mass is 320 g/mol. The second-order valence-corrected chi connectivity index (χ2v) is 6.61. The summed E-state index contributed by atoms with van der Waals surface area (Å²) in [5.74, 6) is 1.11. The third-order valence-electron chi connectivity index (χ3n) is 4.85. The second-order valence-electron chi connectivity index (χ2n) is 6.61. The van der Waals surface area contributed by atoms with Crippen molar-refractivity contribution in [1.29, 1.82) is 0 Å². The van der Waals surface area contributed by atoms with Crippen LogP contribution in [0.3, 0.4) is 0 Å². The highest BCUT2D eigenvalue weighted by atomic mass is 16.4. The van der Waals surface area contributed by atoms with Gasteiger partial charge < -0.3 is 14.4 Å². The molecule has 23 heavy (non-hydrogen) atoms. The highest BCUT2D eigenvalue weighted by Gasteiger charge is 2.25. The first-order valence-corrected chi connectivity index (χ1v) is 8.42. The van der Waals surface area contributed by atoms with Gasteiger partial charge in [-0.3, -0.25) is 14.5 Å². The van der Waals surface area contributed by atoms with Gasteiger partial charge in [0.1, 0.15) is 12.0 Å². The maximum Gasteiger partial charge on any atom is 0.226 e. The summed E-state index contributed by atoms with van der Waals surface area (Å²) in [4.78, 5) is 27.6. The van der Waals surface area contributed by atoms with Gasteiger partial charge in [0.05, 0.1) is 6.54 Å². The molecular weight excluding hydrogens is 296 g/mol. The van der Waals surface area contributed by atoms with E-state index in [2.05, 4.69) is 4.90 Å². The average molecular weight is 320 g/mol. The highest BCUT2D eigenvalue weighted by molar-refractivity contribution is 5.76. The molecule has 0 unspecified atom stereocenters. The van der Waals surface area contributed by atoms with Crippen molar-refractivity contribution in [3.8, 4) is 5.75 Å². The van der Waals surface area contributed by atoms with Crippen LogP contribution in [0.2, 0.25) is 0 Å². The lowest BCUT2D eigenvalue weighted by molar-refractivity contribution is -0.134. The Labute approximate surface area is 135 Å². The molecule has 6 nitrogen and oxygen atoms in total. The van der Waals surface area contributed by atoms with E-state index in [1.165, 1.54) is 6.07 Å². The number of hydrogen-bond acceptors (Lipinski definition) is 5. The molecule has 0 radical (unpaired) electrons. The van der Waals surface area contributed by atoms with Crippen molar-refractivity contribution in [2.75, 3.05) is 26.2 Å². The van der Waals surface area contributed by atoms with Crippen molar-refractivity contribution in [2.24, 2.45) is 5.92 Å². The van der Waals surface area contributed by atoms with E-state index in [4.69, 9.17) is 4.42 Å². The van der Waals surface area contributed by atoms with Crippen LogP contribution in [-0.2, 0) is 11.3 Å². The summed E-state index contributed by atoms with van der Waals surface area (Å²) in [6.07, 6.45) is 6.10. The van der Waals surface area contributed by atoms with Crippen molar-refractivity contribution in [1.82, 2.24) is 9.80 Å². The Morgan fingerprint density at radius 3 is 2.65 bits per heavy atom. The standard InChI is InChI=1S/C17H24N2O4/c20-15-9-14(23-12-16(15)21)11-18-7-4-13(5-8-18)10-19-6-2-1-3-17(19)22/h9,12-13,21H,1-8,10-11H2. The molecule has 1 aromatic heterocycles. The minimum Gasteiger partial charge on any atom is -0.502 e. The van der Waals surface area contributed by atoms with Crippen LogP contribution >= 0.6 is 0 Å². The first-order valence-electron chi connectivity index (χ1n) is 8.42. The van der Waals surface area contributed by atoms with Gasteiger partial charge in [-0.15, -0.1) is 0 Å². The second kappa shape index (κ2) is 7.17. The number of nitrogens with zero attached hydrogens (tertiary/aromatic N) is 2. The minimum atomic E-state index is -0.398. The molecular formula is C17H24N2O4. The zero-order valence-corrected chi connectivity index (χ0v) is 13.4. The van der Waals surface area contributed by atoms with Crippen molar-refractivity contribution in [2.45, 2.75) is 38.6 Å². The van der Waals surface area contributed by atoms with Gasteiger partial charge in [-0.25, -0.2) is 0 Å². The van der Waals surface area contributed by atoms with Crippen LogP contribution in [0.5, 0.6) is 5.75 Å². The number of carbonyl (C=O) groups excluding carboxylic acids is 1. The van der Waals surface area contributed by atoms with Crippen molar-refractivity contribution in [3.63, 3.8) is 0 Å². The number of hydrogen-bond donors (Lipinski definition) is 1. The summed E-state index contributed by atoms with van der Waals surface area (Å²) in [6, 6.07) is 1.35. The van der Waals surface area contributed by atoms with Crippen LogP contribution in [0.4, 0.5) is 0 Å². The molecule has 0 aromatic carbocycles. The first kappa shape index (κ1) is 16.1. The number of rotatable bonds is 4. The van der Waals surface area contributed by atoms with Crippen LogP contribution in [0.25, 0.3) is 0 Å². The predicted octanol–water partition coefficient (Wildman–Crippen LogP) is 1.57. The summed E-state index contributed by atoms with van der Waals surface area (Å²) in [7, 11) is 0. The zero-order valence-electron chi connectivity index (χ0n) is 13.4. The van der Waals surface area contributed by atoms with Crippen LogP contribution in [-0.4, -0.2) is 47.0 Å². The lowest BCUT2D eigenvalue weighted by Gasteiger charge is -2.35. The maximum atomic E-state index is 11.9. The lowest BCUT2D eigenvalue weighted by Crippen LogP contribution is -2.42. The molecule has 0 aliphatic carbocycles. The fourth-order valence-corrected chi connectivity index (χ4v) is 3.44. The van der Waals surface area contributed by atoms with E-state index in [0.29, 0.717) is 30.6 Å². The van der Waals surface area contributed by atoms with Crippen molar-refractivity contribution < 1.29 is 14.3 Å². The van der Waals surface area contributed by atoms with E-state index in [1.807, 2.05) is 4.90 Å². The molecule has 0 spiro atoms. The van der Waals surface area contributed by atoms with Crippen LogP contribution < -0.4 is 5.43 Å². The number of carbonyl (C=O) groups is 1. The normalized spacial score (nSPS) is 20.9. The Hall–Kier alpha value is -1.82. The van der Waals surface area contributed by atoms with Gasteiger partial charge in [0, 0.05) is 25.6 Å². The molecule has 0 atom stereocenters. The molecule has 6 heteroatoms. The quantitative estimate of drug-likeness (QED) is 0.911. The Morgan fingerprint density at radius 2 is 1.96 bits per heavy atom. The van der Waals surface area contributed by atoms with Gasteiger partial charge in [0.2, 0.25) is 11.3 Å². The molecule has 0 saturated carbocycles. The van der Waals surface area contributed by atoms with E-state index >= 15 is 0 Å². The molecule has 1 aromatic rings. The molecule has 2 saturated heterocycles. The molecule has 3 rings (SSSR count). The Kier molecular flexibility index (Phi) is 5.00. The predicted molar refractivity (Wildman–Crippen MR) is 85.1 cm³/mol. The number of amides is 1. The van der Waals surface area contributed by atoms with Gasteiger partial charge in [0.15, 0.2) is 5.75 Å². The fourth-order valence-electron chi connectivity index (χ4n) is 3.44. The third kappa shape index (κ3) is 4.13. The molecule has 2 aliphatic rings. The maximum absolute atomic E-state index is 11.9. The lowest BCUT2D eigenvalue weighted by atomic mass is 9.95. The third-order valence-corrected chi connectivity index (χ3v) is 4.85. The molecule has 126 valence electrons. The summed E-state index contributed by atoms with van der Waals surface area (Å²) in [6.45, 7) is 4.28. The Bertz CT molecular complexity index is 605. The van der Waals surface area contributed by atoms with Crippen LogP contribution in [0.15, 0.2) is 21.5 Å². The topological polar surface area (TPSA) is 74.0 Å². The fraction of sp³-hybridized carbons (Fsp3) is 0.647. The van der Waals surface area contributed by atoms with Gasteiger partial charge in [0.25, 0.3) is 0 Å². The van der Waals surface area contributed by atoms with Gasteiger partial charge in [-0.1, -0.05) is 0 Å². The largest absolute Gasteiger partial charge is 0.502 e. The van der Waals surface area contributed by atoms with Crippen molar-refractivity contribution in [3.05, 3.63) is 28.3 Å². The molecule has 3 heterocycles. The first-order chi connectivity index (χ1) is 11.1. The number of likely N-dealkylation sites (tertiary alicyclic amines) is 2. The van der Waals surface area contributed by atoms with E-state index in [1.54, 1.807) is 0 Å². The van der Waals surface area contributed by atoms with E-state index in [-0.39, 0.29) is 5.75 Å². The van der Waals surface area contributed by atoms with Gasteiger partial charge >= 0.3 is 0 Å². The molecule has 1 N–H and O–H groups in total. The van der Waals surface area contributed by atoms with Crippen LogP contribution in [0.1, 0.15) is 37.9 Å². The summed E-state index contributed by atoms with van der Waals surface area (Å²) >= 11 is 0. The van der Waals surface area contributed by atoms with Gasteiger partial charge in [-0.2, -0.15) is 0 Å². The number of piperidine rings is 2. The molecule has 2 aliphatic heterocycles. The summed E-state index contributed by atoms with van der Waals surface area (Å²) in [5, 5.41) is 9.21. The van der Waals surface area contributed by atoms with E-state index in [0.717, 1.165) is 58.1 Å². The molecule has 0 bridgehead atoms. The number of aromatic hydroxyl groups is 1. The highest BCUT2D eigenvalue weighted by Crippen LogP contribution is 2.22. The van der Waals surface area contributed by atoms with Gasteiger partial charge in [-0.05, 0) is 44.7 Å². The SMILES string of the molecule is O=C1CCCCN1CC1CCN(Cc2cc(=O)c(O)co2)CC1. The Balaban J connectivity index is 1.47. The smallest absolute Gasteiger partial charge is 0.226 e. The average Bonchev–Trinajstić information content (AvgIpc) is 2.55. The summed E-state index contributed by atoms with van der Waals surface area (Å²) < 4.78 is 5.26. The zero-order chi connectivity index (χ0) is 16.2. The minimum absolute atomic E-state index is 0.310. The van der Waals surface area contributed by atoms with E-state index in [9.17, 15) is 14.7 Å².